The first-order valence-electron chi connectivity index (χ1n) is 8.17. The minimum atomic E-state index is -0.703. The number of hydrogen-bond acceptors (Lipinski definition) is 5. The topological polar surface area (TPSA) is 89.0 Å². The van der Waals surface area contributed by atoms with Gasteiger partial charge in [-0.15, -0.1) is 0 Å². The maximum atomic E-state index is 13.8. The number of ether oxygens (including phenoxy) is 2. The van der Waals surface area contributed by atoms with Crippen molar-refractivity contribution in [1.82, 2.24) is 10.6 Å². The standard InChI is InChI=1S/C19H18FN3O4/c1-26-11-7-8-16(27-2)13(9-11)15-10-17(24)22-19(21-15)23-18(25)12-5-3-4-6-14(12)20/h3-9,15H,10H2,1-2H3,(H2,21,22,23,24,25)/t15-/m0/s1. The third-order valence-electron chi connectivity index (χ3n) is 4.07. The molecule has 1 heterocycles. The molecule has 0 saturated carbocycles. The van der Waals surface area contributed by atoms with Crippen LogP contribution in [0.3, 0.4) is 0 Å². The van der Waals surface area contributed by atoms with Gasteiger partial charge in [-0.05, 0) is 30.3 Å². The van der Waals surface area contributed by atoms with Crippen molar-refractivity contribution in [3.8, 4) is 11.5 Å². The summed E-state index contributed by atoms with van der Waals surface area (Å²) in [6, 6.07) is 10.1. The molecule has 0 fully saturated rings. The lowest BCUT2D eigenvalue weighted by atomic mass is 10.0. The molecular weight excluding hydrogens is 353 g/mol. The van der Waals surface area contributed by atoms with Gasteiger partial charge in [0.1, 0.15) is 17.3 Å². The third kappa shape index (κ3) is 4.05. The van der Waals surface area contributed by atoms with Gasteiger partial charge in [0.25, 0.3) is 5.91 Å². The van der Waals surface area contributed by atoms with E-state index in [0.29, 0.717) is 17.1 Å². The van der Waals surface area contributed by atoms with E-state index >= 15 is 0 Å². The first kappa shape index (κ1) is 18.4. The normalized spacial score (nSPS) is 16.2. The van der Waals surface area contributed by atoms with Gasteiger partial charge in [0.2, 0.25) is 11.9 Å². The predicted octanol–water partition coefficient (Wildman–Crippen LogP) is 2.19. The van der Waals surface area contributed by atoms with Crippen LogP contribution in [0.4, 0.5) is 4.39 Å². The highest BCUT2D eigenvalue weighted by molar-refractivity contribution is 6.10. The number of nitrogens with one attached hydrogen (secondary N) is 2. The average molecular weight is 371 g/mol. The van der Waals surface area contributed by atoms with Crippen molar-refractivity contribution in [2.75, 3.05) is 14.2 Å². The largest absolute Gasteiger partial charge is 0.497 e. The first-order valence-corrected chi connectivity index (χ1v) is 8.17. The molecule has 2 amide bonds. The van der Waals surface area contributed by atoms with Crippen molar-refractivity contribution in [3.05, 3.63) is 59.4 Å². The number of hydrogen-bond donors (Lipinski definition) is 2. The summed E-state index contributed by atoms with van der Waals surface area (Å²) in [6.45, 7) is 0. The van der Waals surface area contributed by atoms with E-state index in [4.69, 9.17) is 9.47 Å². The number of nitrogens with zero attached hydrogens (tertiary/aromatic N) is 1. The number of aliphatic imine (C=N–C) groups is 1. The van der Waals surface area contributed by atoms with Crippen molar-refractivity contribution < 1.29 is 23.5 Å². The number of methoxy groups -OCH3 is 2. The zero-order valence-corrected chi connectivity index (χ0v) is 14.8. The molecule has 27 heavy (non-hydrogen) atoms. The maximum Gasteiger partial charge on any atom is 0.260 e. The van der Waals surface area contributed by atoms with E-state index < -0.39 is 17.8 Å². The smallest absolute Gasteiger partial charge is 0.260 e. The molecule has 0 aliphatic carbocycles. The zero-order chi connectivity index (χ0) is 19.4. The third-order valence-corrected chi connectivity index (χ3v) is 4.07. The van der Waals surface area contributed by atoms with Crippen LogP contribution in [0.1, 0.15) is 28.4 Å². The molecule has 0 aromatic heterocycles. The van der Waals surface area contributed by atoms with Gasteiger partial charge in [-0.2, -0.15) is 0 Å². The summed E-state index contributed by atoms with van der Waals surface area (Å²) >= 11 is 0. The molecule has 0 unspecified atom stereocenters. The fourth-order valence-electron chi connectivity index (χ4n) is 2.76. The molecule has 7 nitrogen and oxygen atoms in total. The van der Waals surface area contributed by atoms with Crippen LogP contribution in [0.5, 0.6) is 11.5 Å². The predicted molar refractivity (Wildman–Crippen MR) is 96.3 cm³/mol. The summed E-state index contributed by atoms with van der Waals surface area (Å²) in [5.74, 6) is -0.616. The molecule has 3 rings (SSSR count). The molecule has 2 N–H and O–H groups in total. The Morgan fingerprint density at radius 2 is 2.00 bits per heavy atom. The second-order valence-corrected chi connectivity index (χ2v) is 5.79. The molecule has 0 bridgehead atoms. The summed E-state index contributed by atoms with van der Waals surface area (Å²) < 4.78 is 24.3. The Morgan fingerprint density at radius 1 is 1.22 bits per heavy atom. The number of benzene rings is 2. The van der Waals surface area contributed by atoms with Crippen LogP contribution in [-0.4, -0.2) is 32.0 Å². The maximum absolute atomic E-state index is 13.8. The van der Waals surface area contributed by atoms with Crippen LogP contribution in [0, 0.1) is 5.82 Å². The first-order chi connectivity index (χ1) is 13.0. The van der Waals surface area contributed by atoms with Gasteiger partial charge in [0.15, 0.2) is 0 Å². The van der Waals surface area contributed by atoms with Crippen LogP contribution >= 0.6 is 0 Å². The molecule has 140 valence electrons. The minimum absolute atomic E-state index is 0.0469. The molecule has 2 aromatic rings. The fourth-order valence-corrected chi connectivity index (χ4v) is 2.76. The molecular formula is C19H18FN3O4. The Labute approximate surface area is 155 Å². The molecule has 8 heteroatoms. The van der Waals surface area contributed by atoms with Crippen LogP contribution in [0.25, 0.3) is 0 Å². The van der Waals surface area contributed by atoms with E-state index in [9.17, 15) is 14.0 Å². The quantitative estimate of drug-likeness (QED) is 0.862. The summed E-state index contributed by atoms with van der Waals surface area (Å²) in [7, 11) is 3.04. The zero-order valence-electron chi connectivity index (χ0n) is 14.8. The van der Waals surface area contributed by atoms with Crippen molar-refractivity contribution >= 4 is 17.8 Å². The fraction of sp³-hybridized carbons (Fsp3) is 0.211. The van der Waals surface area contributed by atoms with E-state index in [1.807, 2.05) is 0 Å². The Kier molecular flexibility index (Phi) is 5.35. The van der Waals surface area contributed by atoms with Gasteiger partial charge in [0, 0.05) is 5.56 Å². The van der Waals surface area contributed by atoms with Crippen LogP contribution in [0.15, 0.2) is 47.5 Å². The van der Waals surface area contributed by atoms with Crippen LogP contribution in [-0.2, 0) is 4.79 Å². The highest BCUT2D eigenvalue weighted by Crippen LogP contribution is 2.34. The molecule has 1 atom stereocenters. The molecule has 0 radical (unpaired) electrons. The van der Waals surface area contributed by atoms with Gasteiger partial charge in [-0.3, -0.25) is 20.2 Å². The van der Waals surface area contributed by atoms with E-state index in [2.05, 4.69) is 15.6 Å². The van der Waals surface area contributed by atoms with Crippen LogP contribution in [0.2, 0.25) is 0 Å². The van der Waals surface area contributed by atoms with E-state index in [1.165, 1.54) is 32.4 Å². The monoisotopic (exact) mass is 371 g/mol. The lowest BCUT2D eigenvalue weighted by Gasteiger charge is -2.23. The molecule has 1 aliphatic heterocycles. The van der Waals surface area contributed by atoms with Crippen molar-refractivity contribution in [2.24, 2.45) is 4.99 Å². The molecule has 0 saturated heterocycles. The number of carbonyl (C=O) groups excluding carboxylic acids is 2. The van der Waals surface area contributed by atoms with Gasteiger partial charge in [-0.1, -0.05) is 12.1 Å². The summed E-state index contributed by atoms with van der Waals surface area (Å²) in [6.07, 6.45) is 0.0720. The number of halogens is 1. The molecule has 2 aromatic carbocycles. The summed E-state index contributed by atoms with van der Waals surface area (Å²) in [5, 5.41) is 4.93. The van der Waals surface area contributed by atoms with Crippen molar-refractivity contribution in [3.63, 3.8) is 0 Å². The minimum Gasteiger partial charge on any atom is -0.497 e. The number of guanidine groups is 1. The number of amides is 2. The van der Waals surface area contributed by atoms with Gasteiger partial charge in [-0.25, -0.2) is 9.38 Å². The summed E-state index contributed by atoms with van der Waals surface area (Å²) in [5.41, 5.74) is 0.500. The van der Waals surface area contributed by atoms with Gasteiger partial charge >= 0.3 is 0 Å². The Bertz CT molecular complexity index is 914. The lowest BCUT2D eigenvalue weighted by molar-refractivity contribution is -0.120. The molecule has 1 aliphatic rings. The van der Waals surface area contributed by atoms with Gasteiger partial charge in [0.05, 0.1) is 32.2 Å². The Morgan fingerprint density at radius 3 is 2.70 bits per heavy atom. The van der Waals surface area contributed by atoms with Crippen LogP contribution < -0.4 is 20.1 Å². The second-order valence-electron chi connectivity index (χ2n) is 5.79. The summed E-state index contributed by atoms with van der Waals surface area (Å²) in [4.78, 5) is 28.8. The van der Waals surface area contributed by atoms with Crippen molar-refractivity contribution in [2.45, 2.75) is 12.5 Å². The highest BCUT2D eigenvalue weighted by atomic mass is 19.1. The van der Waals surface area contributed by atoms with E-state index in [-0.39, 0.29) is 23.9 Å². The Balaban J connectivity index is 1.89. The van der Waals surface area contributed by atoms with Crippen molar-refractivity contribution in [1.29, 1.82) is 0 Å². The Hall–Kier alpha value is -3.42. The lowest BCUT2D eigenvalue weighted by Crippen LogP contribution is -2.47. The van der Waals surface area contributed by atoms with E-state index in [1.54, 1.807) is 24.3 Å². The molecule has 0 spiro atoms. The second kappa shape index (κ2) is 7.86. The SMILES string of the molecule is COc1ccc(OC)c([C@@H]2CC(=O)NC(NC(=O)c3ccccc3F)=N2)c1. The highest BCUT2D eigenvalue weighted by Gasteiger charge is 2.26. The van der Waals surface area contributed by atoms with E-state index in [0.717, 1.165) is 0 Å². The van der Waals surface area contributed by atoms with Gasteiger partial charge < -0.3 is 9.47 Å². The average Bonchev–Trinajstić information content (AvgIpc) is 2.67. The number of rotatable bonds is 4. The number of carbonyl (C=O) groups is 2.